The number of rotatable bonds is 3. The molecule has 4 nitrogen and oxygen atoms in total. The fourth-order valence-electron chi connectivity index (χ4n) is 3.50. The SMILES string of the molecule is CN(C(=O)CN1CCC2(CCNCC2)C1)C1CC1. The van der Waals surface area contributed by atoms with Gasteiger partial charge in [0.25, 0.3) is 0 Å². The van der Waals surface area contributed by atoms with Gasteiger partial charge in [0.1, 0.15) is 0 Å². The predicted octanol–water partition coefficient (Wildman–Crippen LogP) is 0.683. The number of likely N-dealkylation sites (N-methyl/N-ethyl adjacent to an activating group) is 1. The number of piperidine rings is 1. The number of amides is 1. The Bertz CT molecular complexity index is 321. The third kappa shape index (κ3) is 2.54. The molecule has 0 aromatic heterocycles. The summed E-state index contributed by atoms with van der Waals surface area (Å²) in [5.74, 6) is 0.323. The smallest absolute Gasteiger partial charge is 0.236 e. The molecule has 1 saturated carbocycles. The normalized spacial score (nSPS) is 27.6. The number of nitrogens with one attached hydrogen (secondary N) is 1. The van der Waals surface area contributed by atoms with Crippen molar-refractivity contribution in [3.8, 4) is 0 Å². The molecule has 2 aliphatic heterocycles. The predicted molar refractivity (Wildman–Crippen MR) is 71.4 cm³/mol. The second-order valence-electron chi connectivity index (χ2n) is 6.45. The Balaban J connectivity index is 1.50. The Hall–Kier alpha value is -0.610. The first-order valence-corrected chi connectivity index (χ1v) is 7.37. The Labute approximate surface area is 110 Å². The molecule has 0 unspecified atom stereocenters. The summed E-state index contributed by atoms with van der Waals surface area (Å²) in [6.07, 6.45) is 6.27. The molecule has 0 bridgehead atoms. The maximum Gasteiger partial charge on any atom is 0.236 e. The number of nitrogens with zero attached hydrogens (tertiary/aromatic N) is 2. The summed E-state index contributed by atoms with van der Waals surface area (Å²) in [5, 5.41) is 3.44. The van der Waals surface area contributed by atoms with E-state index in [1.54, 1.807) is 0 Å². The molecule has 0 aromatic rings. The lowest BCUT2D eigenvalue weighted by Crippen LogP contribution is -2.41. The average molecular weight is 251 g/mol. The molecule has 18 heavy (non-hydrogen) atoms. The number of carbonyl (C=O) groups is 1. The van der Waals surface area contributed by atoms with Crippen LogP contribution in [-0.2, 0) is 4.79 Å². The molecule has 2 heterocycles. The standard InChI is InChI=1S/C14H25N3O/c1-16(12-2-3-12)13(18)10-17-9-6-14(11-17)4-7-15-8-5-14/h12,15H,2-11H2,1H3. The Kier molecular flexibility index (Phi) is 3.32. The van der Waals surface area contributed by atoms with Crippen LogP contribution in [0.4, 0.5) is 0 Å². The fraction of sp³-hybridized carbons (Fsp3) is 0.929. The van der Waals surface area contributed by atoms with E-state index in [-0.39, 0.29) is 0 Å². The van der Waals surface area contributed by atoms with Gasteiger partial charge in [-0.3, -0.25) is 9.69 Å². The van der Waals surface area contributed by atoms with Gasteiger partial charge in [-0.1, -0.05) is 0 Å². The zero-order valence-corrected chi connectivity index (χ0v) is 11.5. The van der Waals surface area contributed by atoms with Crippen molar-refractivity contribution in [2.75, 3.05) is 39.8 Å². The van der Waals surface area contributed by atoms with Crippen molar-refractivity contribution in [1.29, 1.82) is 0 Å². The topological polar surface area (TPSA) is 35.6 Å². The van der Waals surface area contributed by atoms with Gasteiger partial charge in [-0.05, 0) is 57.2 Å². The van der Waals surface area contributed by atoms with Crippen molar-refractivity contribution in [2.45, 2.75) is 38.1 Å². The first-order chi connectivity index (χ1) is 8.69. The van der Waals surface area contributed by atoms with E-state index in [0.29, 0.717) is 23.9 Å². The van der Waals surface area contributed by atoms with E-state index < -0.39 is 0 Å². The molecule has 1 spiro atoms. The van der Waals surface area contributed by atoms with Gasteiger partial charge in [-0.2, -0.15) is 0 Å². The lowest BCUT2D eigenvalue weighted by atomic mass is 9.78. The van der Waals surface area contributed by atoms with Gasteiger partial charge in [0.15, 0.2) is 0 Å². The van der Waals surface area contributed by atoms with Crippen LogP contribution in [0.2, 0.25) is 0 Å². The molecule has 0 atom stereocenters. The van der Waals surface area contributed by atoms with Crippen LogP contribution in [0.25, 0.3) is 0 Å². The van der Waals surface area contributed by atoms with E-state index in [9.17, 15) is 4.79 Å². The molecule has 1 amide bonds. The molecular formula is C14H25N3O. The van der Waals surface area contributed by atoms with Gasteiger partial charge >= 0.3 is 0 Å². The average Bonchev–Trinajstić information content (AvgIpc) is 3.15. The molecule has 4 heteroatoms. The monoisotopic (exact) mass is 251 g/mol. The van der Waals surface area contributed by atoms with Crippen LogP contribution in [0.5, 0.6) is 0 Å². The second kappa shape index (κ2) is 4.82. The van der Waals surface area contributed by atoms with Gasteiger partial charge in [-0.15, -0.1) is 0 Å². The minimum absolute atomic E-state index is 0.323. The highest BCUT2D eigenvalue weighted by Crippen LogP contribution is 2.38. The summed E-state index contributed by atoms with van der Waals surface area (Å²) >= 11 is 0. The lowest BCUT2D eigenvalue weighted by Gasteiger charge is -2.34. The van der Waals surface area contributed by atoms with Crippen molar-refractivity contribution in [2.24, 2.45) is 5.41 Å². The maximum absolute atomic E-state index is 12.1. The number of hydrogen-bond acceptors (Lipinski definition) is 3. The van der Waals surface area contributed by atoms with E-state index in [4.69, 9.17) is 0 Å². The minimum Gasteiger partial charge on any atom is -0.342 e. The number of likely N-dealkylation sites (tertiary alicyclic amines) is 1. The van der Waals surface area contributed by atoms with Crippen molar-refractivity contribution in [3.05, 3.63) is 0 Å². The fourth-order valence-corrected chi connectivity index (χ4v) is 3.50. The van der Waals surface area contributed by atoms with Crippen molar-refractivity contribution >= 4 is 5.91 Å². The first kappa shape index (κ1) is 12.4. The van der Waals surface area contributed by atoms with Crippen LogP contribution in [0, 0.1) is 5.41 Å². The Morgan fingerprint density at radius 2 is 2.06 bits per heavy atom. The third-order valence-corrected chi connectivity index (χ3v) is 5.03. The first-order valence-electron chi connectivity index (χ1n) is 7.37. The van der Waals surface area contributed by atoms with Crippen molar-refractivity contribution in [3.63, 3.8) is 0 Å². The van der Waals surface area contributed by atoms with Gasteiger partial charge in [0.2, 0.25) is 5.91 Å². The summed E-state index contributed by atoms with van der Waals surface area (Å²) in [5.41, 5.74) is 0.518. The van der Waals surface area contributed by atoms with Crippen LogP contribution >= 0.6 is 0 Å². The van der Waals surface area contributed by atoms with Crippen molar-refractivity contribution in [1.82, 2.24) is 15.1 Å². The van der Waals surface area contributed by atoms with Crippen LogP contribution in [0.15, 0.2) is 0 Å². The van der Waals surface area contributed by atoms with Gasteiger partial charge in [0, 0.05) is 19.6 Å². The second-order valence-corrected chi connectivity index (χ2v) is 6.45. The summed E-state index contributed by atoms with van der Waals surface area (Å²) in [4.78, 5) is 16.5. The van der Waals surface area contributed by atoms with Gasteiger partial charge in [-0.25, -0.2) is 0 Å². The molecule has 0 aromatic carbocycles. The molecule has 2 saturated heterocycles. The molecular weight excluding hydrogens is 226 g/mol. The van der Waals surface area contributed by atoms with Crippen LogP contribution in [-0.4, -0.2) is 61.5 Å². The van der Waals surface area contributed by atoms with E-state index in [2.05, 4.69) is 10.2 Å². The summed E-state index contributed by atoms with van der Waals surface area (Å²) in [6, 6.07) is 0.549. The van der Waals surface area contributed by atoms with Crippen LogP contribution in [0.1, 0.15) is 32.1 Å². The molecule has 3 aliphatic rings. The Morgan fingerprint density at radius 1 is 1.33 bits per heavy atom. The molecule has 3 fully saturated rings. The largest absolute Gasteiger partial charge is 0.342 e. The zero-order chi connectivity index (χ0) is 12.6. The molecule has 0 radical (unpaired) electrons. The van der Waals surface area contributed by atoms with Gasteiger partial charge < -0.3 is 10.2 Å². The van der Waals surface area contributed by atoms with Crippen molar-refractivity contribution < 1.29 is 4.79 Å². The van der Waals surface area contributed by atoms with Crippen LogP contribution in [0.3, 0.4) is 0 Å². The number of carbonyl (C=O) groups excluding carboxylic acids is 1. The van der Waals surface area contributed by atoms with E-state index >= 15 is 0 Å². The van der Waals surface area contributed by atoms with E-state index in [1.807, 2.05) is 11.9 Å². The molecule has 1 aliphatic carbocycles. The lowest BCUT2D eigenvalue weighted by molar-refractivity contribution is -0.131. The quantitative estimate of drug-likeness (QED) is 0.801. The summed E-state index contributed by atoms with van der Waals surface area (Å²) in [7, 11) is 1.97. The molecule has 1 N–H and O–H groups in total. The highest BCUT2D eigenvalue weighted by molar-refractivity contribution is 5.78. The molecule has 3 rings (SSSR count). The minimum atomic E-state index is 0.323. The summed E-state index contributed by atoms with van der Waals surface area (Å²) in [6.45, 7) is 5.21. The Morgan fingerprint density at radius 3 is 2.72 bits per heavy atom. The van der Waals surface area contributed by atoms with Gasteiger partial charge in [0.05, 0.1) is 6.54 Å². The highest BCUT2D eigenvalue weighted by Gasteiger charge is 2.40. The third-order valence-electron chi connectivity index (χ3n) is 5.03. The molecule has 102 valence electrons. The summed E-state index contributed by atoms with van der Waals surface area (Å²) < 4.78 is 0. The number of hydrogen-bond donors (Lipinski definition) is 1. The van der Waals surface area contributed by atoms with E-state index in [1.165, 1.54) is 32.1 Å². The van der Waals surface area contributed by atoms with Crippen LogP contribution < -0.4 is 5.32 Å². The highest BCUT2D eigenvalue weighted by atomic mass is 16.2. The maximum atomic E-state index is 12.1. The van der Waals surface area contributed by atoms with E-state index in [0.717, 1.165) is 26.2 Å². The zero-order valence-electron chi connectivity index (χ0n) is 11.5.